The number of unbranched alkanes of at least 4 members (excludes halogenated alkanes) is 2. The Morgan fingerprint density at radius 3 is 2.67 bits per heavy atom. The highest BCUT2D eigenvalue weighted by Gasteiger charge is 2.10. The summed E-state index contributed by atoms with van der Waals surface area (Å²) in [6.07, 6.45) is 6.98. The van der Waals surface area contributed by atoms with Gasteiger partial charge in [0, 0.05) is 12.1 Å². The quantitative estimate of drug-likeness (QED) is 0.416. The topological polar surface area (TPSA) is 12.4 Å². The minimum absolute atomic E-state index is 0.611. The van der Waals surface area contributed by atoms with Crippen molar-refractivity contribution < 1.29 is 0 Å². The fourth-order valence-corrected chi connectivity index (χ4v) is 1.02. The third kappa shape index (κ3) is 3.52. The van der Waals surface area contributed by atoms with Gasteiger partial charge >= 0.3 is 0 Å². The zero-order valence-corrected chi connectivity index (χ0v) is 6.27. The van der Waals surface area contributed by atoms with Crippen LogP contribution in [0.2, 0.25) is 0 Å². The number of halogens is 1. The van der Waals surface area contributed by atoms with Crippen LogP contribution in [0.1, 0.15) is 25.7 Å². The van der Waals surface area contributed by atoms with E-state index in [0.717, 1.165) is 12.3 Å². The highest BCUT2D eigenvalue weighted by molar-refractivity contribution is 6.17. The monoisotopic (exact) mass is 145 g/mol. The molecule has 1 unspecified atom stereocenters. The Morgan fingerprint density at radius 1 is 1.33 bits per heavy atom. The Bertz CT molecular complexity index is 95.1. The van der Waals surface area contributed by atoms with Crippen LogP contribution in [-0.4, -0.2) is 18.1 Å². The normalized spacial score (nSPS) is 22.6. The van der Waals surface area contributed by atoms with Gasteiger partial charge in [0.25, 0.3) is 0 Å². The van der Waals surface area contributed by atoms with Crippen LogP contribution >= 0.6 is 11.6 Å². The number of hydrogen-bond acceptors (Lipinski definition) is 1. The van der Waals surface area contributed by atoms with Crippen LogP contribution in [0.15, 0.2) is 4.99 Å². The number of rotatable bonds is 5. The lowest BCUT2D eigenvalue weighted by Crippen LogP contribution is -1.87. The smallest absolute Gasteiger partial charge is 0.0843 e. The van der Waals surface area contributed by atoms with Gasteiger partial charge in [0.05, 0.1) is 6.04 Å². The average Bonchev–Trinajstić information content (AvgIpc) is 2.63. The van der Waals surface area contributed by atoms with Crippen molar-refractivity contribution in [3.05, 3.63) is 0 Å². The second-order valence-electron chi connectivity index (χ2n) is 2.40. The van der Waals surface area contributed by atoms with E-state index >= 15 is 0 Å². The van der Waals surface area contributed by atoms with Gasteiger partial charge in [-0.3, -0.25) is 4.99 Å². The van der Waals surface area contributed by atoms with Gasteiger partial charge in [-0.2, -0.15) is 0 Å². The maximum absolute atomic E-state index is 5.50. The second kappa shape index (κ2) is 3.89. The van der Waals surface area contributed by atoms with Crippen molar-refractivity contribution in [2.45, 2.75) is 31.7 Å². The molecule has 0 radical (unpaired) electrons. The molecule has 0 amide bonds. The molecule has 0 saturated heterocycles. The number of nitrogens with zero attached hydrogens (tertiary/aromatic N) is 1. The number of alkyl halides is 1. The Kier molecular flexibility index (Phi) is 3.05. The molecule has 52 valence electrons. The average molecular weight is 146 g/mol. The van der Waals surface area contributed by atoms with E-state index in [1.165, 1.54) is 19.3 Å². The predicted octanol–water partition coefficient (Wildman–Crippen LogP) is 2.24. The van der Waals surface area contributed by atoms with E-state index in [1.807, 2.05) is 6.21 Å². The molecule has 1 heterocycles. The summed E-state index contributed by atoms with van der Waals surface area (Å²) in [5, 5.41) is 0. The zero-order chi connectivity index (χ0) is 6.53. The molecule has 1 rings (SSSR count). The summed E-state index contributed by atoms with van der Waals surface area (Å²) in [5.41, 5.74) is 0. The molecular weight excluding hydrogens is 134 g/mol. The summed E-state index contributed by atoms with van der Waals surface area (Å²) in [5.74, 6) is 0.811. The summed E-state index contributed by atoms with van der Waals surface area (Å²) in [4.78, 5) is 4.04. The van der Waals surface area contributed by atoms with Crippen molar-refractivity contribution in [1.82, 2.24) is 0 Å². The van der Waals surface area contributed by atoms with Gasteiger partial charge in [-0.1, -0.05) is 12.8 Å². The van der Waals surface area contributed by atoms with Crippen LogP contribution in [0.3, 0.4) is 0 Å². The third-order valence-electron chi connectivity index (χ3n) is 1.49. The van der Waals surface area contributed by atoms with E-state index in [4.69, 9.17) is 11.6 Å². The van der Waals surface area contributed by atoms with Crippen LogP contribution in [-0.2, 0) is 0 Å². The fourth-order valence-electron chi connectivity index (χ4n) is 0.835. The molecular formula is C7H12ClN. The maximum atomic E-state index is 5.50. The van der Waals surface area contributed by atoms with Crippen LogP contribution < -0.4 is 0 Å². The highest BCUT2D eigenvalue weighted by Crippen LogP contribution is 2.11. The molecule has 0 N–H and O–H groups in total. The first-order valence-electron chi connectivity index (χ1n) is 3.53. The number of aliphatic imine (C=N–C) groups is 1. The Balaban J connectivity index is 1.71. The predicted molar refractivity (Wildman–Crippen MR) is 41.5 cm³/mol. The van der Waals surface area contributed by atoms with Gasteiger partial charge in [-0.15, -0.1) is 11.6 Å². The van der Waals surface area contributed by atoms with Crippen molar-refractivity contribution >= 4 is 17.8 Å². The van der Waals surface area contributed by atoms with Crippen LogP contribution in [0.5, 0.6) is 0 Å². The van der Waals surface area contributed by atoms with Gasteiger partial charge < -0.3 is 0 Å². The minimum atomic E-state index is 0.611. The molecule has 1 aliphatic heterocycles. The molecule has 1 aliphatic rings. The first-order chi connectivity index (χ1) is 4.43. The first kappa shape index (κ1) is 7.07. The molecule has 0 bridgehead atoms. The highest BCUT2D eigenvalue weighted by atomic mass is 35.5. The van der Waals surface area contributed by atoms with E-state index < -0.39 is 0 Å². The van der Waals surface area contributed by atoms with Crippen molar-refractivity contribution in [3.63, 3.8) is 0 Å². The molecule has 2 heteroatoms. The molecule has 1 nitrogen and oxygen atoms in total. The van der Waals surface area contributed by atoms with Crippen molar-refractivity contribution in [2.75, 3.05) is 5.88 Å². The standard InChI is InChI=1S/C7H12ClN/c8-5-3-1-2-4-7-6-9-7/h6-7H,1-5H2. The van der Waals surface area contributed by atoms with Gasteiger partial charge in [0.1, 0.15) is 0 Å². The maximum Gasteiger partial charge on any atom is 0.0843 e. The van der Waals surface area contributed by atoms with Crippen LogP contribution in [0.25, 0.3) is 0 Å². The Morgan fingerprint density at radius 2 is 2.11 bits per heavy atom. The molecule has 0 saturated carbocycles. The SMILES string of the molecule is ClCCCCCC1C=N1. The van der Waals surface area contributed by atoms with E-state index in [-0.39, 0.29) is 0 Å². The molecule has 0 aromatic heterocycles. The molecule has 0 fully saturated rings. The molecule has 1 atom stereocenters. The van der Waals surface area contributed by atoms with Gasteiger partial charge in [-0.25, -0.2) is 0 Å². The van der Waals surface area contributed by atoms with Crippen molar-refractivity contribution in [2.24, 2.45) is 4.99 Å². The lowest BCUT2D eigenvalue weighted by Gasteiger charge is -1.93. The van der Waals surface area contributed by atoms with E-state index in [1.54, 1.807) is 0 Å². The molecule has 0 spiro atoms. The largest absolute Gasteiger partial charge is 0.286 e. The van der Waals surface area contributed by atoms with Gasteiger partial charge in [0.2, 0.25) is 0 Å². The zero-order valence-electron chi connectivity index (χ0n) is 5.52. The summed E-state index contributed by atoms with van der Waals surface area (Å²) < 4.78 is 0. The van der Waals surface area contributed by atoms with Gasteiger partial charge in [0.15, 0.2) is 0 Å². The second-order valence-corrected chi connectivity index (χ2v) is 2.78. The van der Waals surface area contributed by atoms with Crippen LogP contribution in [0.4, 0.5) is 0 Å². The van der Waals surface area contributed by atoms with Crippen LogP contribution in [0, 0.1) is 0 Å². The van der Waals surface area contributed by atoms with E-state index in [2.05, 4.69) is 4.99 Å². The summed E-state index contributed by atoms with van der Waals surface area (Å²) in [6.45, 7) is 0. The molecule has 0 aliphatic carbocycles. The van der Waals surface area contributed by atoms with Crippen molar-refractivity contribution in [3.8, 4) is 0 Å². The molecule has 9 heavy (non-hydrogen) atoms. The molecule has 0 aromatic rings. The Labute approximate surface area is 61.1 Å². The van der Waals surface area contributed by atoms with E-state index in [9.17, 15) is 0 Å². The first-order valence-corrected chi connectivity index (χ1v) is 4.06. The number of hydrogen-bond donors (Lipinski definition) is 0. The fraction of sp³-hybridized carbons (Fsp3) is 0.857. The summed E-state index contributed by atoms with van der Waals surface area (Å²) >= 11 is 5.50. The summed E-state index contributed by atoms with van der Waals surface area (Å²) in [6, 6.07) is 0.611. The Hall–Kier alpha value is -0.0400. The minimum Gasteiger partial charge on any atom is -0.286 e. The third-order valence-corrected chi connectivity index (χ3v) is 1.76. The summed E-state index contributed by atoms with van der Waals surface area (Å²) in [7, 11) is 0. The van der Waals surface area contributed by atoms with Crippen molar-refractivity contribution in [1.29, 1.82) is 0 Å². The molecule has 0 aromatic carbocycles. The lowest BCUT2D eigenvalue weighted by atomic mass is 10.1. The van der Waals surface area contributed by atoms with E-state index in [0.29, 0.717) is 6.04 Å². The lowest BCUT2D eigenvalue weighted by molar-refractivity contribution is 0.672. The van der Waals surface area contributed by atoms with Gasteiger partial charge in [-0.05, 0) is 12.8 Å².